The molecule has 2 aromatic heterocycles. The van der Waals surface area contributed by atoms with Crippen molar-refractivity contribution in [1.82, 2.24) is 25.2 Å². The zero-order chi connectivity index (χ0) is 18.0. The fourth-order valence-electron chi connectivity index (χ4n) is 2.23. The zero-order valence-electron chi connectivity index (χ0n) is 14.0. The second kappa shape index (κ2) is 7.88. The van der Waals surface area contributed by atoms with Gasteiger partial charge in [0.15, 0.2) is 11.5 Å². The lowest BCUT2D eigenvalue weighted by atomic mass is 10.2. The average molecular weight is 388 g/mol. The standard InChI is InChI=1S/C16H16F3N5O.ClH/c1-10(20-2)8-14-21-15(25-23-14)11-4-3-5-12(9-11)24-7-6-13(22-24)16(17,18)19;/h3-7,9-10,20H,8H2,1-2H3;1H. The van der Waals surface area contributed by atoms with Crippen LogP contribution >= 0.6 is 12.4 Å². The van der Waals surface area contributed by atoms with Crippen LogP contribution in [0.4, 0.5) is 13.2 Å². The summed E-state index contributed by atoms with van der Waals surface area (Å²) in [6, 6.07) is 7.86. The lowest BCUT2D eigenvalue weighted by molar-refractivity contribution is -0.141. The lowest BCUT2D eigenvalue weighted by Gasteiger charge is -2.05. The van der Waals surface area contributed by atoms with Crippen molar-refractivity contribution in [3.63, 3.8) is 0 Å². The Morgan fingerprint density at radius 2 is 2.04 bits per heavy atom. The molecule has 0 radical (unpaired) electrons. The molecule has 0 aliphatic rings. The van der Waals surface area contributed by atoms with Crippen LogP contribution in [0.25, 0.3) is 17.1 Å². The third kappa shape index (κ3) is 4.41. The van der Waals surface area contributed by atoms with E-state index < -0.39 is 11.9 Å². The normalized spacial score (nSPS) is 12.7. The number of nitrogens with one attached hydrogen (secondary N) is 1. The highest BCUT2D eigenvalue weighted by molar-refractivity contribution is 5.85. The Kier molecular flexibility index (Phi) is 6.04. The van der Waals surface area contributed by atoms with Crippen molar-refractivity contribution in [3.05, 3.63) is 48.0 Å². The molecule has 0 aliphatic heterocycles. The topological polar surface area (TPSA) is 68.8 Å². The van der Waals surface area contributed by atoms with E-state index in [0.29, 0.717) is 29.4 Å². The van der Waals surface area contributed by atoms with Crippen molar-refractivity contribution in [2.45, 2.75) is 25.6 Å². The van der Waals surface area contributed by atoms with E-state index in [2.05, 4.69) is 20.6 Å². The largest absolute Gasteiger partial charge is 0.435 e. The summed E-state index contributed by atoms with van der Waals surface area (Å²) in [4.78, 5) is 4.32. The zero-order valence-corrected chi connectivity index (χ0v) is 14.8. The molecular formula is C16H17ClF3N5O. The SMILES string of the molecule is CNC(C)Cc1noc(-c2cccc(-n3ccc(C(F)(F)F)n3)c2)n1.Cl. The minimum Gasteiger partial charge on any atom is -0.334 e. The van der Waals surface area contributed by atoms with Crippen molar-refractivity contribution in [3.8, 4) is 17.1 Å². The molecule has 26 heavy (non-hydrogen) atoms. The molecule has 0 aliphatic carbocycles. The first kappa shape index (κ1) is 19.9. The average Bonchev–Trinajstić information content (AvgIpc) is 3.24. The molecule has 1 aromatic carbocycles. The molecule has 3 aromatic rings. The number of halogens is 4. The summed E-state index contributed by atoms with van der Waals surface area (Å²) < 4.78 is 44.5. The van der Waals surface area contributed by atoms with Crippen molar-refractivity contribution in [1.29, 1.82) is 0 Å². The van der Waals surface area contributed by atoms with E-state index in [1.165, 1.54) is 6.20 Å². The molecule has 140 valence electrons. The molecule has 0 bridgehead atoms. The summed E-state index contributed by atoms with van der Waals surface area (Å²) in [5.41, 5.74) is 0.132. The fraction of sp³-hybridized carbons (Fsp3) is 0.312. The lowest BCUT2D eigenvalue weighted by Crippen LogP contribution is -2.24. The third-order valence-electron chi connectivity index (χ3n) is 3.69. The molecule has 10 heteroatoms. The Morgan fingerprint density at radius 1 is 1.27 bits per heavy atom. The summed E-state index contributed by atoms with van der Waals surface area (Å²) in [5, 5.41) is 10.6. The maximum Gasteiger partial charge on any atom is 0.435 e. The Morgan fingerprint density at radius 3 is 2.69 bits per heavy atom. The Bertz CT molecular complexity index is 861. The second-order valence-electron chi connectivity index (χ2n) is 5.60. The van der Waals surface area contributed by atoms with Crippen molar-refractivity contribution >= 4 is 12.4 Å². The molecule has 1 atom stereocenters. The van der Waals surface area contributed by atoms with E-state index in [1.807, 2.05) is 14.0 Å². The molecule has 1 unspecified atom stereocenters. The molecule has 0 saturated heterocycles. The van der Waals surface area contributed by atoms with Crippen LogP contribution in [-0.2, 0) is 12.6 Å². The molecule has 0 fully saturated rings. The maximum atomic E-state index is 12.7. The highest BCUT2D eigenvalue weighted by Crippen LogP contribution is 2.28. The highest BCUT2D eigenvalue weighted by atomic mass is 35.5. The summed E-state index contributed by atoms with van der Waals surface area (Å²) in [7, 11) is 1.84. The first-order chi connectivity index (χ1) is 11.9. The van der Waals surface area contributed by atoms with Gasteiger partial charge in [0.1, 0.15) is 0 Å². The van der Waals surface area contributed by atoms with Gasteiger partial charge in [-0.1, -0.05) is 11.2 Å². The van der Waals surface area contributed by atoms with Gasteiger partial charge in [-0.15, -0.1) is 12.4 Å². The van der Waals surface area contributed by atoms with Crippen LogP contribution in [0.5, 0.6) is 0 Å². The van der Waals surface area contributed by atoms with Gasteiger partial charge in [-0.2, -0.15) is 23.3 Å². The highest BCUT2D eigenvalue weighted by Gasteiger charge is 2.33. The molecule has 0 saturated carbocycles. The van der Waals surface area contributed by atoms with E-state index in [4.69, 9.17) is 4.52 Å². The number of nitrogens with zero attached hydrogens (tertiary/aromatic N) is 4. The smallest absolute Gasteiger partial charge is 0.334 e. The molecule has 0 spiro atoms. The predicted molar refractivity (Wildman–Crippen MR) is 91.3 cm³/mol. The Balaban J connectivity index is 0.00000243. The van der Waals surface area contributed by atoms with Gasteiger partial charge in [0, 0.05) is 24.2 Å². The van der Waals surface area contributed by atoms with E-state index in [9.17, 15) is 13.2 Å². The molecule has 2 heterocycles. The number of aromatic nitrogens is 4. The van der Waals surface area contributed by atoms with Gasteiger partial charge in [0.25, 0.3) is 5.89 Å². The third-order valence-corrected chi connectivity index (χ3v) is 3.69. The van der Waals surface area contributed by atoms with Crippen molar-refractivity contribution < 1.29 is 17.7 Å². The summed E-state index contributed by atoms with van der Waals surface area (Å²) in [6.45, 7) is 1.99. The molecule has 0 amide bonds. The van der Waals surface area contributed by atoms with Crippen LogP contribution in [0.2, 0.25) is 0 Å². The van der Waals surface area contributed by atoms with Gasteiger partial charge in [0.05, 0.1) is 5.69 Å². The number of hydrogen-bond acceptors (Lipinski definition) is 5. The van der Waals surface area contributed by atoms with Crippen LogP contribution in [-0.4, -0.2) is 33.0 Å². The van der Waals surface area contributed by atoms with Crippen LogP contribution in [0.3, 0.4) is 0 Å². The van der Waals surface area contributed by atoms with E-state index in [1.54, 1.807) is 24.3 Å². The molecular weight excluding hydrogens is 371 g/mol. The van der Waals surface area contributed by atoms with Gasteiger partial charge in [-0.05, 0) is 38.2 Å². The molecule has 1 N–H and O–H groups in total. The number of hydrogen-bond donors (Lipinski definition) is 1. The predicted octanol–water partition coefficient (Wildman–Crippen LogP) is 3.51. The van der Waals surface area contributed by atoms with Crippen LogP contribution in [0, 0.1) is 0 Å². The first-order valence-electron chi connectivity index (χ1n) is 7.60. The Hall–Kier alpha value is -2.39. The fourth-order valence-corrected chi connectivity index (χ4v) is 2.23. The maximum absolute atomic E-state index is 12.7. The number of rotatable bonds is 5. The minimum atomic E-state index is -4.48. The summed E-state index contributed by atoms with van der Waals surface area (Å²) >= 11 is 0. The van der Waals surface area contributed by atoms with Crippen molar-refractivity contribution in [2.24, 2.45) is 0 Å². The van der Waals surface area contributed by atoms with Gasteiger partial charge in [-0.3, -0.25) is 0 Å². The monoisotopic (exact) mass is 387 g/mol. The van der Waals surface area contributed by atoms with Crippen LogP contribution in [0.15, 0.2) is 41.1 Å². The van der Waals surface area contributed by atoms with Gasteiger partial charge < -0.3 is 9.84 Å². The van der Waals surface area contributed by atoms with Crippen molar-refractivity contribution in [2.75, 3.05) is 7.05 Å². The second-order valence-corrected chi connectivity index (χ2v) is 5.60. The first-order valence-corrected chi connectivity index (χ1v) is 7.60. The molecule has 3 rings (SSSR count). The van der Waals surface area contributed by atoms with E-state index in [0.717, 1.165) is 10.7 Å². The summed E-state index contributed by atoms with van der Waals surface area (Å²) in [6.07, 6.45) is -2.61. The van der Waals surface area contributed by atoms with Gasteiger partial charge in [-0.25, -0.2) is 4.68 Å². The van der Waals surface area contributed by atoms with E-state index >= 15 is 0 Å². The summed E-state index contributed by atoms with van der Waals surface area (Å²) in [5.74, 6) is 0.865. The van der Waals surface area contributed by atoms with Crippen LogP contribution < -0.4 is 5.32 Å². The quantitative estimate of drug-likeness (QED) is 0.725. The van der Waals surface area contributed by atoms with Crippen LogP contribution in [0.1, 0.15) is 18.4 Å². The van der Waals surface area contributed by atoms with Gasteiger partial charge >= 0.3 is 6.18 Å². The number of alkyl halides is 3. The molecule has 6 nitrogen and oxygen atoms in total. The van der Waals surface area contributed by atoms with E-state index in [-0.39, 0.29) is 18.4 Å². The number of likely N-dealkylation sites (N-methyl/N-ethyl adjacent to an activating group) is 1. The van der Waals surface area contributed by atoms with Gasteiger partial charge in [0.2, 0.25) is 0 Å². The minimum absolute atomic E-state index is 0. The number of benzene rings is 1. The Labute approximate surface area is 153 Å².